The third-order valence-electron chi connectivity index (χ3n) is 3.66. The maximum Gasteiger partial charge on any atom is 0.320 e. The summed E-state index contributed by atoms with van der Waals surface area (Å²) in [5, 5.41) is 11.9. The van der Waals surface area contributed by atoms with E-state index in [4.69, 9.17) is 5.11 Å². The Balaban J connectivity index is 2.61. The molecule has 1 aromatic carbocycles. The quantitative estimate of drug-likeness (QED) is 0.805. The van der Waals surface area contributed by atoms with E-state index >= 15 is 0 Å². The zero-order valence-electron chi connectivity index (χ0n) is 13.0. The molecule has 0 aliphatic heterocycles. The first kappa shape index (κ1) is 17.2. The summed E-state index contributed by atoms with van der Waals surface area (Å²) in [5.41, 5.74) is 1.05. The number of nitrogens with zero attached hydrogens (tertiary/aromatic N) is 1. The van der Waals surface area contributed by atoms with Gasteiger partial charge in [0.15, 0.2) is 0 Å². The highest BCUT2D eigenvalue weighted by molar-refractivity contribution is 5.80. The summed E-state index contributed by atoms with van der Waals surface area (Å²) in [6.07, 6.45) is 0. The predicted molar refractivity (Wildman–Crippen MR) is 81.9 cm³/mol. The molecule has 0 aromatic heterocycles. The Bertz CT molecular complexity index is 474. The molecule has 5 heteroatoms. The van der Waals surface area contributed by atoms with Gasteiger partial charge in [0.2, 0.25) is 5.91 Å². The van der Waals surface area contributed by atoms with Gasteiger partial charge in [-0.15, -0.1) is 0 Å². The number of amides is 1. The SMILES string of the molecule is CC(C)C(NCC(=O)N(C)C(C)c1ccccc1)C(=O)O. The Morgan fingerprint density at radius 2 is 1.76 bits per heavy atom. The molecular weight excluding hydrogens is 268 g/mol. The average molecular weight is 292 g/mol. The molecule has 0 aliphatic carbocycles. The highest BCUT2D eigenvalue weighted by Crippen LogP contribution is 2.17. The van der Waals surface area contributed by atoms with E-state index in [0.29, 0.717) is 0 Å². The number of carbonyl (C=O) groups is 2. The van der Waals surface area contributed by atoms with E-state index in [1.54, 1.807) is 11.9 Å². The molecule has 2 unspecified atom stereocenters. The van der Waals surface area contributed by atoms with Crippen molar-refractivity contribution in [3.8, 4) is 0 Å². The summed E-state index contributed by atoms with van der Waals surface area (Å²) in [7, 11) is 1.73. The Morgan fingerprint density at radius 1 is 1.19 bits per heavy atom. The van der Waals surface area contributed by atoms with Gasteiger partial charge in [-0.3, -0.25) is 14.9 Å². The number of hydrogen-bond donors (Lipinski definition) is 2. The van der Waals surface area contributed by atoms with Crippen LogP contribution < -0.4 is 5.32 Å². The van der Waals surface area contributed by atoms with E-state index in [1.165, 1.54) is 0 Å². The second-order valence-electron chi connectivity index (χ2n) is 5.53. The van der Waals surface area contributed by atoms with E-state index in [9.17, 15) is 9.59 Å². The van der Waals surface area contributed by atoms with E-state index < -0.39 is 12.0 Å². The largest absolute Gasteiger partial charge is 0.480 e. The summed E-state index contributed by atoms with van der Waals surface area (Å²) in [5.74, 6) is -1.14. The lowest BCUT2D eigenvalue weighted by Crippen LogP contribution is -2.46. The summed E-state index contributed by atoms with van der Waals surface area (Å²) in [4.78, 5) is 24.9. The fourth-order valence-electron chi connectivity index (χ4n) is 2.10. The number of carbonyl (C=O) groups excluding carboxylic acids is 1. The minimum Gasteiger partial charge on any atom is -0.480 e. The van der Waals surface area contributed by atoms with Crippen LogP contribution in [0.15, 0.2) is 30.3 Å². The van der Waals surface area contributed by atoms with Crippen molar-refractivity contribution in [1.82, 2.24) is 10.2 Å². The van der Waals surface area contributed by atoms with Crippen molar-refractivity contribution >= 4 is 11.9 Å². The smallest absolute Gasteiger partial charge is 0.320 e. The Morgan fingerprint density at radius 3 is 2.24 bits per heavy atom. The fraction of sp³-hybridized carbons (Fsp3) is 0.500. The molecule has 0 aliphatic rings. The molecule has 21 heavy (non-hydrogen) atoms. The van der Waals surface area contributed by atoms with Crippen LogP contribution in [0.3, 0.4) is 0 Å². The first-order valence-electron chi connectivity index (χ1n) is 7.11. The van der Waals surface area contributed by atoms with Crippen molar-refractivity contribution in [2.75, 3.05) is 13.6 Å². The number of carboxylic acid groups (broad SMARTS) is 1. The van der Waals surface area contributed by atoms with Crippen molar-refractivity contribution in [2.24, 2.45) is 5.92 Å². The topological polar surface area (TPSA) is 69.6 Å². The number of benzene rings is 1. The van der Waals surface area contributed by atoms with Crippen LogP contribution in [0, 0.1) is 5.92 Å². The van der Waals surface area contributed by atoms with Gasteiger partial charge in [0.25, 0.3) is 0 Å². The molecule has 2 atom stereocenters. The van der Waals surface area contributed by atoms with Crippen LogP contribution in [0.1, 0.15) is 32.4 Å². The van der Waals surface area contributed by atoms with Crippen LogP contribution >= 0.6 is 0 Å². The maximum absolute atomic E-state index is 12.2. The Hall–Kier alpha value is -1.88. The van der Waals surface area contributed by atoms with Crippen LogP contribution in [0.25, 0.3) is 0 Å². The number of hydrogen-bond acceptors (Lipinski definition) is 3. The van der Waals surface area contributed by atoms with E-state index in [-0.39, 0.29) is 24.4 Å². The molecule has 2 N–H and O–H groups in total. The van der Waals surface area contributed by atoms with Crippen molar-refractivity contribution in [2.45, 2.75) is 32.9 Å². The van der Waals surface area contributed by atoms with Crippen molar-refractivity contribution in [3.05, 3.63) is 35.9 Å². The van der Waals surface area contributed by atoms with Crippen molar-refractivity contribution in [3.63, 3.8) is 0 Å². The maximum atomic E-state index is 12.2. The van der Waals surface area contributed by atoms with Crippen LogP contribution in [0.4, 0.5) is 0 Å². The number of likely N-dealkylation sites (N-methyl/N-ethyl adjacent to an activating group) is 1. The van der Waals surface area contributed by atoms with Gasteiger partial charge in [-0.1, -0.05) is 44.2 Å². The van der Waals surface area contributed by atoms with E-state index in [1.807, 2.05) is 51.1 Å². The van der Waals surface area contributed by atoms with Gasteiger partial charge in [0.1, 0.15) is 6.04 Å². The van der Waals surface area contributed by atoms with Gasteiger partial charge in [-0.05, 0) is 18.4 Å². The number of aliphatic carboxylic acids is 1. The van der Waals surface area contributed by atoms with Gasteiger partial charge in [-0.25, -0.2) is 0 Å². The zero-order valence-corrected chi connectivity index (χ0v) is 13.0. The lowest BCUT2D eigenvalue weighted by molar-refractivity contribution is -0.141. The molecule has 0 bridgehead atoms. The highest BCUT2D eigenvalue weighted by atomic mass is 16.4. The van der Waals surface area contributed by atoms with Gasteiger partial charge in [0.05, 0.1) is 12.6 Å². The fourth-order valence-corrected chi connectivity index (χ4v) is 2.10. The summed E-state index contributed by atoms with van der Waals surface area (Å²) >= 11 is 0. The Kier molecular flexibility index (Phi) is 6.37. The van der Waals surface area contributed by atoms with Crippen LogP contribution in [0.5, 0.6) is 0 Å². The molecule has 0 saturated carbocycles. The summed E-state index contributed by atoms with van der Waals surface area (Å²) in [6, 6.07) is 8.96. The number of rotatable bonds is 7. The minimum absolute atomic E-state index is 0.0167. The first-order chi connectivity index (χ1) is 9.84. The van der Waals surface area contributed by atoms with Gasteiger partial charge >= 0.3 is 5.97 Å². The molecule has 5 nitrogen and oxygen atoms in total. The lowest BCUT2D eigenvalue weighted by atomic mass is 10.0. The second-order valence-corrected chi connectivity index (χ2v) is 5.53. The lowest BCUT2D eigenvalue weighted by Gasteiger charge is -2.26. The molecular formula is C16H24N2O3. The monoisotopic (exact) mass is 292 g/mol. The molecule has 0 spiro atoms. The van der Waals surface area contributed by atoms with Crippen LogP contribution in [0.2, 0.25) is 0 Å². The van der Waals surface area contributed by atoms with Gasteiger partial charge in [-0.2, -0.15) is 0 Å². The second kappa shape index (κ2) is 7.78. The third-order valence-corrected chi connectivity index (χ3v) is 3.66. The van der Waals surface area contributed by atoms with Gasteiger partial charge < -0.3 is 10.0 Å². The number of nitrogens with one attached hydrogen (secondary N) is 1. The highest BCUT2D eigenvalue weighted by Gasteiger charge is 2.23. The molecule has 0 fully saturated rings. The summed E-state index contributed by atoms with van der Waals surface area (Å²) in [6.45, 7) is 5.59. The van der Waals surface area contributed by atoms with Gasteiger partial charge in [0, 0.05) is 7.05 Å². The van der Waals surface area contributed by atoms with E-state index in [0.717, 1.165) is 5.56 Å². The normalized spacial score (nSPS) is 13.8. The van der Waals surface area contributed by atoms with Crippen LogP contribution in [-0.2, 0) is 9.59 Å². The molecule has 0 radical (unpaired) electrons. The third kappa shape index (κ3) is 4.86. The van der Waals surface area contributed by atoms with Crippen molar-refractivity contribution < 1.29 is 14.7 Å². The predicted octanol–water partition coefficient (Wildman–Crippen LogP) is 1.90. The van der Waals surface area contributed by atoms with E-state index in [2.05, 4.69) is 5.32 Å². The molecule has 0 saturated heterocycles. The summed E-state index contributed by atoms with van der Waals surface area (Å²) < 4.78 is 0. The molecule has 1 rings (SSSR count). The molecule has 1 amide bonds. The van der Waals surface area contributed by atoms with Crippen molar-refractivity contribution in [1.29, 1.82) is 0 Å². The molecule has 0 heterocycles. The standard InChI is InChI=1S/C16H24N2O3/c1-11(2)15(16(20)21)17-10-14(19)18(4)12(3)13-8-6-5-7-9-13/h5-9,11-12,15,17H,10H2,1-4H3,(H,20,21). The molecule has 1 aromatic rings. The number of carboxylic acids is 1. The molecule has 116 valence electrons. The van der Waals surface area contributed by atoms with Crippen LogP contribution in [-0.4, -0.2) is 41.5 Å². The zero-order chi connectivity index (χ0) is 16.0. The minimum atomic E-state index is -0.934. The first-order valence-corrected chi connectivity index (χ1v) is 7.11. The Labute approximate surface area is 126 Å². The average Bonchev–Trinajstić information content (AvgIpc) is 2.45.